The number of rotatable bonds is 4. The van der Waals surface area contributed by atoms with Gasteiger partial charge in [-0.3, -0.25) is 4.79 Å². The van der Waals surface area contributed by atoms with Crippen LogP contribution >= 0.6 is 0 Å². The van der Waals surface area contributed by atoms with Gasteiger partial charge < -0.3 is 24.6 Å². The van der Waals surface area contributed by atoms with E-state index in [1.54, 1.807) is 7.05 Å². The van der Waals surface area contributed by atoms with Gasteiger partial charge >= 0.3 is 12.0 Å². The van der Waals surface area contributed by atoms with Crippen LogP contribution in [0.5, 0.6) is 12.0 Å². The molecular formula is C13H22N6O3. The van der Waals surface area contributed by atoms with Gasteiger partial charge in [0.1, 0.15) is 0 Å². The molecule has 22 heavy (non-hydrogen) atoms. The van der Waals surface area contributed by atoms with E-state index < -0.39 is 0 Å². The van der Waals surface area contributed by atoms with Crippen molar-refractivity contribution in [1.29, 1.82) is 0 Å². The van der Waals surface area contributed by atoms with Gasteiger partial charge in [-0.2, -0.15) is 9.97 Å². The van der Waals surface area contributed by atoms with Crippen LogP contribution in [-0.4, -0.2) is 80.3 Å². The summed E-state index contributed by atoms with van der Waals surface area (Å²) in [6, 6.07) is 0.381. The molecule has 122 valence electrons. The normalized spacial score (nSPS) is 19.5. The molecule has 0 aliphatic carbocycles. The molecule has 1 unspecified atom stereocenters. The standard InChI is InChI=1S/C13H22N6O3/c1-14-10(20)9-7-18(2)5-6-19(8-9)11-15-12(21-3)17-13(16-11)22-4/h9H,5-8H2,1-4H3,(H,14,20). The zero-order valence-electron chi connectivity index (χ0n) is 13.4. The first-order valence-electron chi connectivity index (χ1n) is 7.06. The first kappa shape index (κ1) is 16.2. The van der Waals surface area contributed by atoms with E-state index in [1.807, 2.05) is 11.9 Å². The van der Waals surface area contributed by atoms with Crippen molar-refractivity contribution in [3.8, 4) is 12.0 Å². The summed E-state index contributed by atoms with van der Waals surface area (Å²) in [5, 5.41) is 2.71. The fraction of sp³-hybridized carbons (Fsp3) is 0.692. The number of nitrogens with one attached hydrogen (secondary N) is 1. The number of nitrogens with zero attached hydrogens (tertiary/aromatic N) is 5. The van der Waals surface area contributed by atoms with Crippen molar-refractivity contribution in [3.63, 3.8) is 0 Å². The molecule has 0 radical (unpaired) electrons. The van der Waals surface area contributed by atoms with Crippen LogP contribution in [0, 0.1) is 5.92 Å². The Morgan fingerprint density at radius 2 is 1.77 bits per heavy atom. The van der Waals surface area contributed by atoms with E-state index in [9.17, 15) is 4.79 Å². The molecule has 1 aliphatic rings. The number of methoxy groups -OCH3 is 2. The Hall–Kier alpha value is -2.16. The summed E-state index contributed by atoms with van der Waals surface area (Å²) in [6.45, 7) is 2.74. The zero-order chi connectivity index (χ0) is 16.1. The Kier molecular flexibility index (Phi) is 5.31. The van der Waals surface area contributed by atoms with Crippen molar-refractivity contribution in [1.82, 2.24) is 25.2 Å². The lowest BCUT2D eigenvalue weighted by molar-refractivity contribution is -0.124. The lowest BCUT2D eigenvalue weighted by Gasteiger charge is -2.23. The van der Waals surface area contributed by atoms with E-state index in [4.69, 9.17) is 9.47 Å². The molecular weight excluding hydrogens is 288 g/mol. The molecule has 9 heteroatoms. The second kappa shape index (κ2) is 7.21. The Labute approximate surface area is 129 Å². The van der Waals surface area contributed by atoms with Gasteiger partial charge in [0.25, 0.3) is 0 Å². The monoisotopic (exact) mass is 310 g/mol. The predicted molar refractivity (Wildman–Crippen MR) is 80.2 cm³/mol. The van der Waals surface area contributed by atoms with Crippen LogP contribution in [0.25, 0.3) is 0 Å². The highest BCUT2D eigenvalue weighted by Gasteiger charge is 2.28. The van der Waals surface area contributed by atoms with E-state index in [0.29, 0.717) is 25.6 Å². The SMILES string of the molecule is CNC(=O)C1CN(C)CCN(c2nc(OC)nc(OC)n2)C1. The number of aromatic nitrogens is 3. The number of hydrogen-bond acceptors (Lipinski definition) is 8. The quantitative estimate of drug-likeness (QED) is 0.757. The van der Waals surface area contributed by atoms with Gasteiger partial charge in [-0.1, -0.05) is 0 Å². The second-order valence-electron chi connectivity index (χ2n) is 5.13. The topological polar surface area (TPSA) is 92.7 Å². The van der Waals surface area contributed by atoms with Crippen LogP contribution in [0.4, 0.5) is 5.95 Å². The summed E-state index contributed by atoms with van der Waals surface area (Å²) in [5.41, 5.74) is 0. The molecule has 1 aromatic rings. The van der Waals surface area contributed by atoms with Gasteiger partial charge in [0.05, 0.1) is 20.1 Å². The minimum Gasteiger partial charge on any atom is -0.467 e. The maximum Gasteiger partial charge on any atom is 0.324 e. The van der Waals surface area contributed by atoms with Crippen LogP contribution < -0.4 is 19.7 Å². The smallest absolute Gasteiger partial charge is 0.324 e. The van der Waals surface area contributed by atoms with Crippen LogP contribution in [-0.2, 0) is 4.79 Å². The highest BCUT2D eigenvalue weighted by Crippen LogP contribution is 2.19. The second-order valence-corrected chi connectivity index (χ2v) is 5.13. The molecule has 1 aliphatic heterocycles. The van der Waals surface area contributed by atoms with Crippen molar-refractivity contribution in [3.05, 3.63) is 0 Å². The van der Waals surface area contributed by atoms with E-state index in [1.165, 1.54) is 14.2 Å². The first-order chi connectivity index (χ1) is 10.6. The van der Waals surface area contributed by atoms with Crippen LogP contribution in [0.1, 0.15) is 0 Å². The number of carbonyl (C=O) groups excluding carboxylic acids is 1. The lowest BCUT2D eigenvalue weighted by Crippen LogP contribution is -2.39. The minimum absolute atomic E-state index is 0.00624. The maximum atomic E-state index is 12.0. The first-order valence-corrected chi connectivity index (χ1v) is 7.06. The number of amides is 1. The largest absolute Gasteiger partial charge is 0.467 e. The average Bonchev–Trinajstić information content (AvgIpc) is 2.75. The molecule has 1 fully saturated rings. The van der Waals surface area contributed by atoms with Crippen molar-refractivity contribution in [2.75, 3.05) is 59.4 Å². The molecule has 1 saturated heterocycles. The molecule has 9 nitrogen and oxygen atoms in total. The van der Waals surface area contributed by atoms with E-state index in [2.05, 4.69) is 25.2 Å². The number of ether oxygens (including phenoxy) is 2. The Morgan fingerprint density at radius 3 is 2.32 bits per heavy atom. The zero-order valence-corrected chi connectivity index (χ0v) is 13.4. The number of hydrogen-bond donors (Lipinski definition) is 1. The summed E-state index contributed by atoms with van der Waals surface area (Å²) >= 11 is 0. The number of likely N-dealkylation sites (N-methyl/N-ethyl adjacent to an activating group) is 1. The minimum atomic E-state index is -0.161. The molecule has 1 atom stereocenters. The van der Waals surface area contributed by atoms with E-state index in [-0.39, 0.29) is 23.8 Å². The Bertz CT molecular complexity index is 504. The molecule has 1 N–H and O–H groups in total. The van der Waals surface area contributed by atoms with Gasteiger partial charge in [-0.05, 0) is 7.05 Å². The van der Waals surface area contributed by atoms with Crippen molar-refractivity contribution < 1.29 is 14.3 Å². The summed E-state index contributed by atoms with van der Waals surface area (Å²) in [7, 11) is 6.62. The van der Waals surface area contributed by atoms with Crippen molar-refractivity contribution in [2.45, 2.75) is 0 Å². The number of anilines is 1. The molecule has 0 bridgehead atoms. The predicted octanol–water partition coefficient (Wildman–Crippen LogP) is -0.997. The molecule has 2 heterocycles. The van der Waals surface area contributed by atoms with Crippen LogP contribution in [0.3, 0.4) is 0 Å². The third kappa shape index (κ3) is 3.73. The van der Waals surface area contributed by atoms with Crippen molar-refractivity contribution >= 4 is 11.9 Å². The van der Waals surface area contributed by atoms with Crippen molar-refractivity contribution in [2.24, 2.45) is 5.92 Å². The molecule has 0 aromatic carbocycles. The van der Waals surface area contributed by atoms with E-state index >= 15 is 0 Å². The Morgan fingerprint density at radius 1 is 1.14 bits per heavy atom. The summed E-state index contributed by atoms with van der Waals surface area (Å²) in [4.78, 5) is 28.6. The summed E-state index contributed by atoms with van der Waals surface area (Å²) < 4.78 is 10.2. The van der Waals surface area contributed by atoms with Gasteiger partial charge in [-0.25, -0.2) is 0 Å². The van der Waals surface area contributed by atoms with Crippen LogP contribution in [0.15, 0.2) is 0 Å². The summed E-state index contributed by atoms with van der Waals surface area (Å²) in [6.07, 6.45) is 0. The van der Waals surface area contributed by atoms with Gasteiger partial charge in [0.15, 0.2) is 0 Å². The summed E-state index contributed by atoms with van der Waals surface area (Å²) in [5.74, 6) is 0.297. The van der Waals surface area contributed by atoms with Gasteiger partial charge in [0.2, 0.25) is 11.9 Å². The van der Waals surface area contributed by atoms with Gasteiger partial charge in [0, 0.05) is 33.2 Å². The van der Waals surface area contributed by atoms with Gasteiger partial charge in [-0.15, -0.1) is 4.98 Å². The highest BCUT2D eigenvalue weighted by atomic mass is 16.5. The molecule has 0 saturated carbocycles. The van der Waals surface area contributed by atoms with Crippen LogP contribution in [0.2, 0.25) is 0 Å². The molecule has 2 rings (SSSR count). The number of carbonyl (C=O) groups is 1. The third-order valence-corrected chi connectivity index (χ3v) is 3.57. The lowest BCUT2D eigenvalue weighted by atomic mass is 10.1. The molecule has 1 aromatic heterocycles. The molecule has 1 amide bonds. The highest BCUT2D eigenvalue weighted by molar-refractivity contribution is 5.79. The maximum absolute atomic E-state index is 12.0. The Balaban J connectivity index is 2.27. The average molecular weight is 310 g/mol. The fourth-order valence-electron chi connectivity index (χ4n) is 2.38. The fourth-order valence-corrected chi connectivity index (χ4v) is 2.38. The third-order valence-electron chi connectivity index (χ3n) is 3.57. The van der Waals surface area contributed by atoms with E-state index in [0.717, 1.165) is 6.54 Å². The molecule has 0 spiro atoms.